The predicted molar refractivity (Wildman–Crippen MR) is 70.8 cm³/mol. The molecule has 19 heavy (non-hydrogen) atoms. The van der Waals surface area contributed by atoms with Crippen LogP contribution in [-0.2, 0) is 4.79 Å². The monoisotopic (exact) mass is 270 g/mol. The number of carbonyl (C=O) groups excluding carboxylic acids is 1. The van der Waals surface area contributed by atoms with Gasteiger partial charge in [-0.2, -0.15) is 0 Å². The smallest absolute Gasteiger partial charge is 0.323 e. The molecular formula is C13H22N2O4. The summed E-state index contributed by atoms with van der Waals surface area (Å²) in [5, 5.41) is 17.8. The van der Waals surface area contributed by atoms with Crippen LogP contribution in [0.3, 0.4) is 0 Å². The Morgan fingerprint density at radius 3 is 2.79 bits per heavy atom. The molecule has 1 aliphatic rings. The van der Waals surface area contributed by atoms with Crippen molar-refractivity contribution in [2.45, 2.75) is 19.3 Å². The van der Waals surface area contributed by atoms with Crippen LogP contribution in [0.4, 0.5) is 4.79 Å². The van der Waals surface area contributed by atoms with Gasteiger partial charge in [-0.05, 0) is 25.2 Å². The highest BCUT2D eigenvalue weighted by atomic mass is 16.4. The van der Waals surface area contributed by atoms with Crippen molar-refractivity contribution in [2.24, 2.45) is 5.92 Å². The number of likely N-dealkylation sites (tertiary alicyclic amines) is 1. The lowest BCUT2D eigenvalue weighted by Gasteiger charge is -2.35. The van der Waals surface area contributed by atoms with Gasteiger partial charge in [0.2, 0.25) is 0 Å². The molecule has 108 valence electrons. The molecule has 1 heterocycles. The number of carboxylic acid groups (broad SMARTS) is 1. The number of carboxylic acids is 1. The SMILES string of the molecule is C=CCN(CC(=O)O)C(=O)N1CCCC(CCO)C1. The number of aliphatic hydroxyl groups excluding tert-OH is 1. The molecule has 0 aromatic heterocycles. The molecule has 1 rings (SSSR count). The van der Waals surface area contributed by atoms with E-state index in [4.69, 9.17) is 10.2 Å². The highest BCUT2D eigenvalue weighted by Gasteiger charge is 2.27. The Kier molecular flexibility index (Phi) is 6.35. The molecule has 1 aliphatic heterocycles. The van der Waals surface area contributed by atoms with Crippen molar-refractivity contribution in [3.8, 4) is 0 Å². The highest BCUT2D eigenvalue weighted by molar-refractivity contribution is 5.80. The second-order valence-corrected chi connectivity index (χ2v) is 4.81. The molecule has 0 aromatic carbocycles. The van der Waals surface area contributed by atoms with E-state index in [9.17, 15) is 9.59 Å². The molecule has 0 spiro atoms. The van der Waals surface area contributed by atoms with Crippen molar-refractivity contribution >= 4 is 12.0 Å². The van der Waals surface area contributed by atoms with Gasteiger partial charge in [0, 0.05) is 26.2 Å². The minimum absolute atomic E-state index is 0.123. The first-order valence-corrected chi connectivity index (χ1v) is 6.56. The maximum Gasteiger partial charge on any atom is 0.323 e. The number of hydrogen-bond donors (Lipinski definition) is 2. The van der Waals surface area contributed by atoms with Crippen LogP contribution < -0.4 is 0 Å². The van der Waals surface area contributed by atoms with E-state index in [0.717, 1.165) is 12.8 Å². The molecule has 1 saturated heterocycles. The minimum Gasteiger partial charge on any atom is -0.480 e. The normalized spacial score (nSPS) is 19.0. The standard InChI is InChI=1S/C13H22N2O4/c1-2-6-14(10-12(17)18)13(19)15-7-3-4-11(9-15)5-8-16/h2,11,16H,1,3-10H2,(H,17,18). The summed E-state index contributed by atoms with van der Waals surface area (Å²) in [6.45, 7) is 4.82. The fraction of sp³-hybridized carbons (Fsp3) is 0.692. The van der Waals surface area contributed by atoms with Gasteiger partial charge in [-0.25, -0.2) is 4.79 Å². The summed E-state index contributed by atoms with van der Waals surface area (Å²) in [5.74, 6) is -0.725. The Labute approximate surface area is 113 Å². The number of urea groups is 1. The molecule has 1 unspecified atom stereocenters. The van der Waals surface area contributed by atoms with Crippen molar-refractivity contribution in [2.75, 3.05) is 32.8 Å². The average molecular weight is 270 g/mol. The fourth-order valence-corrected chi connectivity index (χ4v) is 2.39. The second kappa shape index (κ2) is 7.78. The number of aliphatic hydroxyl groups is 1. The molecule has 0 radical (unpaired) electrons. The zero-order valence-corrected chi connectivity index (χ0v) is 11.1. The Morgan fingerprint density at radius 1 is 1.47 bits per heavy atom. The molecule has 6 heteroatoms. The van der Waals surface area contributed by atoms with E-state index >= 15 is 0 Å². The lowest BCUT2D eigenvalue weighted by Crippen LogP contribution is -2.49. The lowest BCUT2D eigenvalue weighted by atomic mass is 9.95. The van der Waals surface area contributed by atoms with Crippen LogP contribution in [0.5, 0.6) is 0 Å². The van der Waals surface area contributed by atoms with Crippen molar-refractivity contribution in [3.05, 3.63) is 12.7 Å². The number of amides is 2. The third-order valence-electron chi connectivity index (χ3n) is 3.27. The number of aliphatic carboxylic acids is 1. The molecule has 1 atom stereocenters. The van der Waals surface area contributed by atoms with E-state index in [1.807, 2.05) is 0 Å². The van der Waals surface area contributed by atoms with Gasteiger partial charge in [0.25, 0.3) is 0 Å². The van der Waals surface area contributed by atoms with Crippen molar-refractivity contribution < 1.29 is 19.8 Å². The van der Waals surface area contributed by atoms with Crippen LogP contribution >= 0.6 is 0 Å². The number of piperidine rings is 1. The molecule has 2 amide bonds. The summed E-state index contributed by atoms with van der Waals surface area (Å²) >= 11 is 0. The van der Waals surface area contributed by atoms with E-state index in [0.29, 0.717) is 25.4 Å². The lowest BCUT2D eigenvalue weighted by molar-refractivity contribution is -0.137. The maximum absolute atomic E-state index is 12.3. The summed E-state index contributed by atoms with van der Waals surface area (Å²) < 4.78 is 0. The van der Waals surface area contributed by atoms with Gasteiger partial charge < -0.3 is 20.0 Å². The third kappa shape index (κ3) is 4.90. The quantitative estimate of drug-likeness (QED) is 0.699. The molecule has 0 saturated carbocycles. The Balaban J connectivity index is 2.61. The van der Waals surface area contributed by atoms with Gasteiger partial charge in [-0.1, -0.05) is 6.08 Å². The molecule has 0 aliphatic carbocycles. The van der Waals surface area contributed by atoms with Gasteiger partial charge in [0.1, 0.15) is 6.54 Å². The summed E-state index contributed by atoms with van der Waals surface area (Å²) in [7, 11) is 0. The number of rotatable bonds is 6. The number of carbonyl (C=O) groups is 2. The first kappa shape index (κ1) is 15.5. The topological polar surface area (TPSA) is 81.1 Å². The van der Waals surface area contributed by atoms with E-state index in [-0.39, 0.29) is 25.7 Å². The molecule has 1 fully saturated rings. The van der Waals surface area contributed by atoms with Crippen LogP contribution in [0.15, 0.2) is 12.7 Å². The summed E-state index contributed by atoms with van der Waals surface area (Å²) in [6.07, 6.45) is 4.11. The third-order valence-corrected chi connectivity index (χ3v) is 3.27. The van der Waals surface area contributed by atoms with Gasteiger partial charge in [-0.15, -0.1) is 6.58 Å². The van der Waals surface area contributed by atoms with Gasteiger partial charge in [0.05, 0.1) is 0 Å². The number of hydrogen-bond acceptors (Lipinski definition) is 3. The highest BCUT2D eigenvalue weighted by Crippen LogP contribution is 2.20. The first-order chi connectivity index (χ1) is 9.08. The first-order valence-electron chi connectivity index (χ1n) is 6.56. The summed E-state index contributed by atoms with van der Waals surface area (Å²) in [6, 6.07) is -0.259. The molecule has 2 N–H and O–H groups in total. The second-order valence-electron chi connectivity index (χ2n) is 4.81. The van der Waals surface area contributed by atoms with Crippen molar-refractivity contribution in [3.63, 3.8) is 0 Å². The Hall–Kier alpha value is -1.56. The fourth-order valence-electron chi connectivity index (χ4n) is 2.39. The Bertz CT molecular complexity index is 331. The molecule has 0 aromatic rings. The summed E-state index contributed by atoms with van der Waals surface area (Å²) in [4.78, 5) is 26.0. The van der Waals surface area contributed by atoms with Crippen LogP contribution in [-0.4, -0.2) is 64.8 Å². The van der Waals surface area contributed by atoms with Crippen LogP contribution in [0.25, 0.3) is 0 Å². The largest absolute Gasteiger partial charge is 0.480 e. The Morgan fingerprint density at radius 2 is 2.21 bits per heavy atom. The zero-order chi connectivity index (χ0) is 14.3. The van der Waals surface area contributed by atoms with Crippen LogP contribution in [0, 0.1) is 5.92 Å². The molecule has 0 bridgehead atoms. The summed E-state index contributed by atoms with van der Waals surface area (Å²) in [5.41, 5.74) is 0. The van der Waals surface area contributed by atoms with E-state index in [2.05, 4.69) is 6.58 Å². The number of nitrogens with zero attached hydrogens (tertiary/aromatic N) is 2. The van der Waals surface area contributed by atoms with Crippen LogP contribution in [0.1, 0.15) is 19.3 Å². The van der Waals surface area contributed by atoms with E-state index in [1.165, 1.54) is 11.0 Å². The van der Waals surface area contributed by atoms with Gasteiger partial charge in [0.15, 0.2) is 0 Å². The van der Waals surface area contributed by atoms with Gasteiger partial charge in [-0.3, -0.25) is 4.79 Å². The zero-order valence-electron chi connectivity index (χ0n) is 11.1. The average Bonchev–Trinajstić information content (AvgIpc) is 2.37. The molecule has 6 nitrogen and oxygen atoms in total. The molecular weight excluding hydrogens is 248 g/mol. The minimum atomic E-state index is -1.03. The van der Waals surface area contributed by atoms with Gasteiger partial charge >= 0.3 is 12.0 Å². The maximum atomic E-state index is 12.3. The van der Waals surface area contributed by atoms with E-state index < -0.39 is 5.97 Å². The van der Waals surface area contributed by atoms with Crippen LogP contribution in [0.2, 0.25) is 0 Å². The van der Waals surface area contributed by atoms with E-state index in [1.54, 1.807) is 4.90 Å². The van der Waals surface area contributed by atoms with Crippen molar-refractivity contribution in [1.29, 1.82) is 0 Å². The predicted octanol–water partition coefficient (Wildman–Crippen LogP) is 0.773. The van der Waals surface area contributed by atoms with Crippen molar-refractivity contribution in [1.82, 2.24) is 9.80 Å².